The number of rotatable bonds is 8. The van der Waals surface area contributed by atoms with Crippen molar-refractivity contribution >= 4 is 33.5 Å². The van der Waals surface area contributed by atoms with Crippen LogP contribution >= 0.6 is 15.9 Å². The van der Waals surface area contributed by atoms with E-state index in [2.05, 4.69) is 41.4 Å². The minimum Gasteiger partial charge on any atom is -0.443 e. The molecule has 2 aromatic carbocycles. The molecule has 2 N–H and O–H groups in total. The topological polar surface area (TPSA) is 106 Å². The molecule has 1 aliphatic rings. The fraction of sp³-hybridized carbons (Fsp3) is 0.240. The molecule has 1 amide bonds. The molecule has 0 unspecified atom stereocenters. The lowest BCUT2D eigenvalue weighted by Crippen LogP contribution is -2.43. The van der Waals surface area contributed by atoms with Crippen LogP contribution in [0.1, 0.15) is 5.56 Å². The van der Waals surface area contributed by atoms with Gasteiger partial charge < -0.3 is 24.2 Å². The first-order chi connectivity index (χ1) is 17.2. The summed E-state index contributed by atoms with van der Waals surface area (Å²) in [6.45, 7) is 3.65. The molecule has 5 rings (SSSR count). The molecule has 0 radical (unpaired) electrons. The van der Waals surface area contributed by atoms with E-state index in [4.69, 9.17) is 13.6 Å². The van der Waals surface area contributed by atoms with Crippen molar-refractivity contribution in [2.45, 2.75) is 6.54 Å². The minimum atomic E-state index is -0.0130. The molecule has 1 saturated heterocycles. The van der Waals surface area contributed by atoms with E-state index >= 15 is 0 Å². The van der Waals surface area contributed by atoms with E-state index in [0.29, 0.717) is 43.8 Å². The van der Waals surface area contributed by atoms with Gasteiger partial charge in [0.05, 0.1) is 32.2 Å². The third kappa shape index (κ3) is 5.79. The molecule has 0 aliphatic carbocycles. The second-order valence-corrected chi connectivity index (χ2v) is 8.89. The number of carbonyl (C=O) groups excluding carboxylic acids is 1. The Kier molecular flexibility index (Phi) is 7.22. The summed E-state index contributed by atoms with van der Waals surface area (Å²) in [4.78, 5) is 22.8. The summed E-state index contributed by atoms with van der Waals surface area (Å²) in [6, 6.07) is 13.9. The molecule has 0 spiro atoms. The molecule has 0 saturated carbocycles. The highest BCUT2D eigenvalue weighted by molar-refractivity contribution is 9.10. The van der Waals surface area contributed by atoms with E-state index in [1.165, 1.54) is 6.39 Å². The van der Waals surface area contributed by atoms with Gasteiger partial charge in [0.15, 0.2) is 17.9 Å². The molecule has 0 atom stereocenters. The minimum absolute atomic E-state index is 0.0130. The van der Waals surface area contributed by atoms with Crippen LogP contribution < -0.4 is 10.6 Å². The standard InChI is InChI=1S/C25H24BrN5O4/c26-21-11-18(5-6-20(21)22-13-27-16-34-22)30-25-29-14-23(35-25)19-4-2-1-3-17(19)12-28-24(32)15-31-7-9-33-10-8-31/h1-6,11,13-14,16H,7-10,12,15H2,(H,28,32)(H,29,30). The van der Waals surface area contributed by atoms with Crippen molar-refractivity contribution in [3.05, 3.63) is 71.3 Å². The normalized spacial score (nSPS) is 14.1. The quantitative estimate of drug-likeness (QED) is 0.339. The summed E-state index contributed by atoms with van der Waals surface area (Å²) in [5, 5.41) is 6.19. The number of carbonyl (C=O) groups is 1. The van der Waals surface area contributed by atoms with Crippen molar-refractivity contribution in [3.8, 4) is 22.6 Å². The highest BCUT2D eigenvalue weighted by Gasteiger charge is 2.16. The number of anilines is 2. The molecule has 3 heterocycles. The molecule has 2 aromatic heterocycles. The summed E-state index contributed by atoms with van der Waals surface area (Å²) in [7, 11) is 0. The Morgan fingerprint density at radius 2 is 1.91 bits per heavy atom. The van der Waals surface area contributed by atoms with Crippen molar-refractivity contribution in [1.82, 2.24) is 20.2 Å². The number of oxazole rings is 2. The number of halogens is 1. The van der Waals surface area contributed by atoms with Gasteiger partial charge >= 0.3 is 0 Å². The van der Waals surface area contributed by atoms with Crippen LogP contribution in [0.15, 0.2) is 74.6 Å². The SMILES string of the molecule is O=C(CN1CCOCC1)NCc1ccccc1-c1cnc(Nc2ccc(-c3cnco3)c(Br)c2)o1. The number of hydrogen-bond donors (Lipinski definition) is 2. The van der Waals surface area contributed by atoms with Crippen LogP contribution in [0, 0.1) is 0 Å². The monoisotopic (exact) mass is 537 g/mol. The molecule has 1 aliphatic heterocycles. The van der Waals surface area contributed by atoms with Crippen LogP contribution in [0.25, 0.3) is 22.6 Å². The van der Waals surface area contributed by atoms with Gasteiger partial charge in [-0.15, -0.1) is 0 Å². The maximum absolute atomic E-state index is 12.4. The molecule has 1 fully saturated rings. The third-order valence-corrected chi connectivity index (χ3v) is 6.31. The van der Waals surface area contributed by atoms with Crippen molar-refractivity contribution in [2.75, 3.05) is 38.2 Å². The van der Waals surface area contributed by atoms with E-state index < -0.39 is 0 Å². The highest BCUT2D eigenvalue weighted by atomic mass is 79.9. The number of hydrogen-bond acceptors (Lipinski definition) is 8. The first kappa shape index (κ1) is 23.3. The fourth-order valence-electron chi connectivity index (χ4n) is 3.85. The number of ether oxygens (including phenoxy) is 1. The van der Waals surface area contributed by atoms with E-state index in [1.54, 1.807) is 12.4 Å². The van der Waals surface area contributed by atoms with Gasteiger partial charge in [0.2, 0.25) is 5.91 Å². The van der Waals surface area contributed by atoms with Gasteiger partial charge in [-0.3, -0.25) is 9.69 Å². The Morgan fingerprint density at radius 3 is 2.71 bits per heavy atom. The van der Waals surface area contributed by atoms with Crippen molar-refractivity contribution in [2.24, 2.45) is 0 Å². The molecule has 0 bridgehead atoms. The maximum Gasteiger partial charge on any atom is 0.299 e. The van der Waals surface area contributed by atoms with E-state index in [9.17, 15) is 4.79 Å². The largest absolute Gasteiger partial charge is 0.443 e. The average molecular weight is 538 g/mol. The van der Waals surface area contributed by atoms with Crippen LogP contribution in [-0.4, -0.2) is 53.6 Å². The van der Waals surface area contributed by atoms with Gasteiger partial charge in [0.1, 0.15) is 0 Å². The number of benzene rings is 2. The average Bonchev–Trinajstić information content (AvgIpc) is 3.56. The van der Waals surface area contributed by atoms with Gasteiger partial charge in [-0.2, -0.15) is 0 Å². The van der Waals surface area contributed by atoms with Gasteiger partial charge in [-0.1, -0.05) is 24.3 Å². The van der Waals surface area contributed by atoms with Gasteiger partial charge in [0, 0.05) is 40.9 Å². The lowest BCUT2D eigenvalue weighted by molar-refractivity contribution is -0.123. The first-order valence-corrected chi connectivity index (χ1v) is 12.0. The zero-order chi connectivity index (χ0) is 24.0. The summed E-state index contributed by atoms with van der Waals surface area (Å²) in [6.07, 6.45) is 4.74. The molecular formula is C25H24BrN5O4. The van der Waals surface area contributed by atoms with E-state index in [0.717, 1.165) is 39.9 Å². The van der Waals surface area contributed by atoms with Crippen molar-refractivity contribution in [1.29, 1.82) is 0 Å². The lowest BCUT2D eigenvalue weighted by Gasteiger charge is -2.25. The molecule has 180 valence electrons. The second kappa shape index (κ2) is 10.9. The number of nitrogens with zero attached hydrogens (tertiary/aromatic N) is 3. The molecule has 9 nitrogen and oxygen atoms in total. The zero-order valence-electron chi connectivity index (χ0n) is 18.9. The molecule has 35 heavy (non-hydrogen) atoms. The second-order valence-electron chi connectivity index (χ2n) is 8.04. The first-order valence-electron chi connectivity index (χ1n) is 11.2. The Hall–Kier alpha value is -3.47. The highest BCUT2D eigenvalue weighted by Crippen LogP contribution is 2.32. The Morgan fingerprint density at radius 1 is 1.06 bits per heavy atom. The van der Waals surface area contributed by atoms with Crippen LogP contribution in [0.4, 0.5) is 11.7 Å². The number of aromatic nitrogens is 2. The predicted molar refractivity (Wildman–Crippen MR) is 134 cm³/mol. The smallest absolute Gasteiger partial charge is 0.299 e. The number of nitrogens with one attached hydrogen (secondary N) is 2. The summed E-state index contributed by atoms with van der Waals surface area (Å²) >= 11 is 3.57. The summed E-state index contributed by atoms with van der Waals surface area (Å²) in [5.41, 5.74) is 3.52. The van der Waals surface area contributed by atoms with Crippen LogP contribution in [0.3, 0.4) is 0 Å². The summed E-state index contributed by atoms with van der Waals surface area (Å²) < 4.78 is 17.5. The predicted octanol–water partition coefficient (Wildman–Crippen LogP) is 4.45. The van der Waals surface area contributed by atoms with Crippen molar-refractivity contribution in [3.63, 3.8) is 0 Å². The van der Waals surface area contributed by atoms with Gasteiger partial charge in [-0.25, -0.2) is 9.97 Å². The van der Waals surface area contributed by atoms with Gasteiger partial charge in [-0.05, 0) is 39.7 Å². The number of morpholine rings is 1. The van der Waals surface area contributed by atoms with E-state index in [-0.39, 0.29) is 5.91 Å². The number of amides is 1. The zero-order valence-corrected chi connectivity index (χ0v) is 20.5. The van der Waals surface area contributed by atoms with Gasteiger partial charge in [0.25, 0.3) is 6.01 Å². The maximum atomic E-state index is 12.4. The third-order valence-electron chi connectivity index (χ3n) is 5.65. The van der Waals surface area contributed by atoms with Crippen LogP contribution in [0.2, 0.25) is 0 Å². The molecule has 10 heteroatoms. The Balaban J connectivity index is 1.24. The van der Waals surface area contributed by atoms with E-state index in [1.807, 2.05) is 42.5 Å². The van der Waals surface area contributed by atoms with Crippen LogP contribution in [0.5, 0.6) is 0 Å². The summed E-state index contributed by atoms with van der Waals surface area (Å²) in [5.74, 6) is 1.28. The lowest BCUT2D eigenvalue weighted by atomic mass is 10.1. The Bertz CT molecular complexity index is 1280. The Labute approximate surface area is 210 Å². The van der Waals surface area contributed by atoms with Crippen LogP contribution in [-0.2, 0) is 16.1 Å². The molecule has 4 aromatic rings. The van der Waals surface area contributed by atoms with Crippen molar-refractivity contribution < 1.29 is 18.4 Å². The molecular weight excluding hydrogens is 514 g/mol. The fourth-order valence-corrected chi connectivity index (χ4v) is 4.42.